The lowest BCUT2D eigenvalue weighted by molar-refractivity contribution is -0.287. The van der Waals surface area contributed by atoms with Crippen molar-refractivity contribution in [1.82, 2.24) is 24.1 Å². The van der Waals surface area contributed by atoms with E-state index in [-0.39, 0.29) is 10.3 Å². The molecule has 0 aliphatic heterocycles. The van der Waals surface area contributed by atoms with Crippen molar-refractivity contribution < 1.29 is 35.1 Å². The molecule has 3 aromatic rings. The van der Waals surface area contributed by atoms with Crippen LogP contribution < -0.4 is 5.56 Å². The number of aromatic nitrogens is 4. The van der Waals surface area contributed by atoms with E-state index in [1.54, 1.807) is 19.0 Å². The minimum atomic E-state index is -5.88. The zero-order valence-corrected chi connectivity index (χ0v) is 16.5. The molecule has 0 bridgehead atoms. The standard InChI is InChI=1S/C18H15F8N5O/c1-29(2)7-10-3-4-31-12(5-10)28-14(17(21,22)23)13(15(31)32)11-6-27-30(8-11)9-16(19,20)18(24,25)26/h3-6,8H,7,9H2,1-2H3. The lowest BCUT2D eigenvalue weighted by Crippen LogP contribution is -2.40. The fraction of sp³-hybridized carbons (Fsp3) is 0.389. The van der Waals surface area contributed by atoms with Gasteiger partial charge in [0.1, 0.15) is 12.2 Å². The average Bonchev–Trinajstić information content (AvgIpc) is 3.06. The Morgan fingerprint density at radius 1 is 1.06 bits per heavy atom. The highest BCUT2D eigenvalue weighted by molar-refractivity contribution is 5.66. The first-order valence-corrected chi connectivity index (χ1v) is 8.85. The van der Waals surface area contributed by atoms with Gasteiger partial charge in [-0.05, 0) is 31.8 Å². The van der Waals surface area contributed by atoms with Crippen LogP contribution in [0.2, 0.25) is 0 Å². The summed E-state index contributed by atoms with van der Waals surface area (Å²) in [6, 6.07) is 2.77. The highest BCUT2D eigenvalue weighted by atomic mass is 19.4. The molecular weight excluding hydrogens is 454 g/mol. The molecule has 0 aliphatic rings. The first kappa shape index (κ1) is 23.6. The van der Waals surface area contributed by atoms with Crippen LogP contribution in [0.1, 0.15) is 11.3 Å². The Kier molecular flexibility index (Phi) is 5.78. The molecule has 0 saturated heterocycles. The fourth-order valence-corrected chi connectivity index (χ4v) is 2.98. The summed E-state index contributed by atoms with van der Waals surface area (Å²) in [6.07, 6.45) is -8.67. The van der Waals surface area contributed by atoms with Crippen molar-refractivity contribution in [2.75, 3.05) is 14.1 Å². The summed E-state index contributed by atoms with van der Waals surface area (Å²) in [6.45, 7) is -1.61. The van der Waals surface area contributed by atoms with Gasteiger partial charge in [-0.15, -0.1) is 0 Å². The van der Waals surface area contributed by atoms with E-state index in [1.807, 2.05) is 0 Å². The third-order valence-electron chi connectivity index (χ3n) is 4.36. The van der Waals surface area contributed by atoms with Gasteiger partial charge in [-0.3, -0.25) is 13.9 Å². The minimum Gasteiger partial charge on any atom is -0.305 e. The van der Waals surface area contributed by atoms with Crippen molar-refractivity contribution in [2.45, 2.75) is 31.4 Å². The molecule has 0 saturated carbocycles. The van der Waals surface area contributed by atoms with Crippen molar-refractivity contribution >= 4 is 5.65 Å². The number of hydrogen-bond acceptors (Lipinski definition) is 4. The zero-order chi connectivity index (χ0) is 24.1. The molecule has 0 unspecified atom stereocenters. The Hall–Kier alpha value is -3.03. The van der Waals surface area contributed by atoms with Crippen LogP contribution in [0, 0.1) is 0 Å². The largest absolute Gasteiger partial charge is 0.455 e. The monoisotopic (exact) mass is 469 g/mol. The van der Waals surface area contributed by atoms with Crippen molar-refractivity contribution in [3.05, 3.63) is 52.3 Å². The molecule has 0 radical (unpaired) electrons. The quantitative estimate of drug-likeness (QED) is 0.533. The Balaban J connectivity index is 2.15. The van der Waals surface area contributed by atoms with Crippen LogP contribution in [0.5, 0.6) is 0 Å². The van der Waals surface area contributed by atoms with Crippen LogP contribution >= 0.6 is 0 Å². The van der Waals surface area contributed by atoms with Crippen LogP contribution in [0.15, 0.2) is 35.5 Å². The maximum Gasteiger partial charge on any atom is 0.455 e. The number of nitrogens with zero attached hydrogens (tertiary/aromatic N) is 5. The third-order valence-corrected chi connectivity index (χ3v) is 4.36. The van der Waals surface area contributed by atoms with Crippen LogP contribution in [-0.2, 0) is 19.3 Å². The molecular formula is C18H15F8N5O. The number of rotatable bonds is 5. The van der Waals surface area contributed by atoms with Gasteiger partial charge in [-0.2, -0.15) is 40.2 Å². The fourth-order valence-electron chi connectivity index (χ4n) is 2.98. The lowest BCUT2D eigenvalue weighted by atomic mass is 10.1. The van der Waals surface area contributed by atoms with Gasteiger partial charge in [-0.1, -0.05) is 0 Å². The van der Waals surface area contributed by atoms with Gasteiger partial charge in [0.2, 0.25) is 0 Å². The van der Waals surface area contributed by atoms with Crippen molar-refractivity contribution in [3.8, 4) is 11.1 Å². The summed E-state index contributed by atoms with van der Waals surface area (Å²) in [7, 11) is 3.46. The number of fused-ring (bicyclic) bond motifs is 1. The van der Waals surface area contributed by atoms with Gasteiger partial charge >= 0.3 is 18.3 Å². The SMILES string of the molecule is CN(C)Cc1ccn2c(=O)c(-c3cnn(CC(F)(F)C(F)(F)F)c3)c(C(F)(F)F)nc2c1. The molecule has 3 heterocycles. The molecule has 0 amide bonds. The Labute approximate surface area is 174 Å². The van der Waals surface area contributed by atoms with Gasteiger partial charge in [0.05, 0.1) is 11.8 Å². The van der Waals surface area contributed by atoms with Gasteiger partial charge in [0.15, 0.2) is 5.69 Å². The molecule has 0 aliphatic carbocycles. The summed E-state index contributed by atoms with van der Waals surface area (Å²) in [5.74, 6) is -5.18. The second-order valence-electron chi connectivity index (χ2n) is 7.27. The van der Waals surface area contributed by atoms with Crippen molar-refractivity contribution in [3.63, 3.8) is 0 Å². The smallest absolute Gasteiger partial charge is 0.305 e. The summed E-state index contributed by atoms with van der Waals surface area (Å²) < 4.78 is 106. The molecule has 0 N–H and O–H groups in total. The summed E-state index contributed by atoms with van der Waals surface area (Å²) >= 11 is 0. The molecule has 0 spiro atoms. The predicted molar refractivity (Wildman–Crippen MR) is 96.1 cm³/mol. The summed E-state index contributed by atoms with van der Waals surface area (Å²) in [5.41, 5.74) is -4.13. The van der Waals surface area contributed by atoms with E-state index in [4.69, 9.17) is 0 Å². The Bertz CT molecular complexity index is 1190. The molecule has 14 heteroatoms. The topological polar surface area (TPSA) is 55.4 Å². The van der Waals surface area contributed by atoms with E-state index in [0.717, 1.165) is 4.40 Å². The highest BCUT2D eigenvalue weighted by Crippen LogP contribution is 2.37. The highest BCUT2D eigenvalue weighted by Gasteiger charge is 2.57. The minimum absolute atomic E-state index is 0.122. The normalized spacial score (nSPS) is 13.3. The number of pyridine rings is 1. The number of alkyl halides is 8. The second kappa shape index (κ2) is 7.83. The molecule has 0 fully saturated rings. The molecule has 6 nitrogen and oxygen atoms in total. The van der Waals surface area contributed by atoms with Crippen molar-refractivity contribution in [1.29, 1.82) is 0 Å². The Morgan fingerprint density at radius 3 is 2.28 bits per heavy atom. The zero-order valence-electron chi connectivity index (χ0n) is 16.5. The second-order valence-corrected chi connectivity index (χ2v) is 7.27. The van der Waals surface area contributed by atoms with Crippen LogP contribution in [0.25, 0.3) is 16.8 Å². The maximum atomic E-state index is 13.7. The van der Waals surface area contributed by atoms with E-state index >= 15 is 0 Å². The van der Waals surface area contributed by atoms with E-state index in [0.29, 0.717) is 24.5 Å². The summed E-state index contributed by atoms with van der Waals surface area (Å²) in [4.78, 5) is 18.1. The molecule has 0 atom stereocenters. The third kappa shape index (κ3) is 4.59. The first-order chi connectivity index (χ1) is 14.6. The van der Waals surface area contributed by atoms with E-state index in [1.165, 1.54) is 18.3 Å². The van der Waals surface area contributed by atoms with Gasteiger partial charge < -0.3 is 4.90 Å². The van der Waals surface area contributed by atoms with Crippen LogP contribution in [-0.4, -0.2) is 50.3 Å². The molecule has 32 heavy (non-hydrogen) atoms. The predicted octanol–water partition coefficient (Wildman–Crippen LogP) is 3.84. The summed E-state index contributed by atoms with van der Waals surface area (Å²) in [5, 5.41) is 3.27. The van der Waals surface area contributed by atoms with E-state index in [2.05, 4.69) is 10.1 Å². The molecule has 3 aromatic heterocycles. The van der Waals surface area contributed by atoms with Crippen LogP contribution in [0.4, 0.5) is 35.1 Å². The first-order valence-electron chi connectivity index (χ1n) is 8.85. The Morgan fingerprint density at radius 2 is 1.72 bits per heavy atom. The van der Waals surface area contributed by atoms with Crippen molar-refractivity contribution in [2.24, 2.45) is 0 Å². The lowest BCUT2D eigenvalue weighted by Gasteiger charge is -2.19. The maximum absolute atomic E-state index is 13.7. The molecule has 0 aromatic carbocycles. The van der Waals surface area contributed by atoms with Gasteiger partial charge in [0.25, 0.3) is 5.56 Å². The number of hydrogen-bond donors (Lipinski definition) is 0. The van der Waals surface area contributed by atoms with Gasteiger partial charge in [-0.25, -0.2) is 4.98 Å². The van der Waals surface area contributed by atoms with E-state index < -0.39 is 47.2 Å². The van der Waals surface area contributed by atoms with Crippen LogP contribution in [0.3, 0.4) is 0 Å². The van der Waals surface area contributed by atoms with Gasteiger partial charge in [0, 0.05) is 24.5 Å². The molecule has 174 valence electrons. The molecule has 3 rings (SSSR count). The average molecular weight is 469 g/mol. The number of halogens is 8. The van der Waals surface area contributed by atoms with E-state index in [9.17, 15) is 39.9 Å².